The Morgan fingerprint density at radius 1 is 1.19 bits per heavy atom. The largest absolute Gasteiger partial charge is 0.450 e. The van der Waals surface area contributed by atoms with E-state index in [0.29, 0.717) is 6.61 Å². The van der Waals surface area contributed by atoms with Gasteiger partial charge in [-0.25, -0.2) is 4.79 Å². The van der Waals surface area contributed by atoms with Gasteiger partial charge >= 0.3 is 6.09 Å². The van der Waals surface area contributed by atoms with Gasteiger partial charge in [0.25, 0.3) is 0 Å². The highest BCUT2D eigenvalue weighted by Crippen LogP contribution is 2.17. The lowest BCUT2D eigenvalue weighted by molar-refractivity contribution is -0.123. The molecule has 2 N–H and O–H groups in total. The number of ether oxygens (including phenoxy) is 1. The van der Waals surface area contributed by atoms with E-state index >= 15 is 0 Å². The Hall–Kier alpha value is -2.04. The van der Waals surface area contributed by atoms with Crippen molar-refractivity contribution in [2.45, 2.75) is 45.7 Å². The molecule has 116 valence electrons. The number of carbonyl (C=O) groups is 2. The summed E-state index contributed by atoms with van der Waals surface area (Å²) in [5, 5.41) is 5.62. The monoisotopic (exact) mass is 292 g/mol. The van der Waals surface area contributed by atoms with Crippen molar-refractivity contribution in [2.75, 3.05) is 6.61 Å². The van der Waals surface area contributed by atoms with Crippen molar-refractivity contribution in [3.8, 4) is 0 Å². The molecule has 5 nitrogen and oxygen atoms in total. The van der Waals surface area contributed by atoms with Gasteiger partial charge in [-0.2, -0.15) is 0 Å². The van der Waals surface area contributed by atoms with Crippen LogP contribution >= 0.6 is 0 Å². The minimum atomic E-state index is -0.519. The lowest BCUT2D eigenvalue weighted by atomic mass is 10.0. The van der Waals surface area contributed by atoms with Gasteiger partial charge < -0.3 is 15.4 Å². The smallest absolute Gasteiger partial charge is 0.407 e. The minimum absolute atomic E-state index is 0.117. The van der Waals surface area contributed by atoms with Gasteiger partial charge in [0.15, 0.2) is 0 Å². The Morgan fingerprint density at radius 3 is 2.33 bits per heavy atom. The van der Waals surface area contributed by atoms with Crippen LogP contribution in [0.1, 0.15) is 45.7 Å². The van der Waals surface area contributed by atoms with E-state index in [0.717, 1.165) is 5.56 Å². The number of hydrogen-bond donors (Lipinski definition) is 2. The lowest BCUT2D eigenvalue weighted by Gasteiger charge is -2.23. The number of amides is 2. The zero-order chi connectivity index (χ0) is 15.9. The zero-order valence-electron chi connectivity index (χ0n) is 13.1. The third-order valence-corrected chi connectivity index (χ3v) is 2.67. The van der Waals surface area contributed by atoms with Crippen LogP contribution in [0.2, 0.25) is 0 Å². The summed E-state index contributed by atoms with van der Waals surface area (Å²) < 4.78 is 4.89. The molecule has 0 saturated heterocycles. The van der Waals surface area contributed by atoms with E-state index in [1.54, 1.807) is 6.92 Å². The van der Waals surface area contributed by atoms with Crippen molar-refractivity contribution < 1.29 is 14.3 Å². The van der Waals surface area contributed by atoms with E-state index in [4.69, 9.17) is 4.74 Å². The molecule has 1 aromatic carbocycles. The highest BCUT2D eigenvalue weighted by atomic mass is 16.5. The molecular formula is C16H24N2O3. The molecule has 21 heavy (non-hydrogen) atoms. The average Bonchev–Trinajstić information content (AvgIpc) is 2.37. The molecule has 0 bridgehead atoms. The third-order valence-electron chi connectivity index (χ3n) is 2.67. The predicted octanol–water partition coefficient (Wildman–Crippen LogP) is 2.78. The molecule has 1 atom stereocenters. The van der Waals surface area contributed by atoms with E-state index in [9.17, 15) is 9.59 Å². The van der Waals surface area contributed by atoms with Gasteiger partial charge in [-0.3, -0.25) is 4.79 Å². The average molecular weight is 292 g/mol. The zero-order valence-corrected chi connectivity index (χ0v) is 13.1. The molecule has 2 amide bonds. The van der Waals surface area contributed by atoms with Gasteiger partial charge in [0, 0.05) is 5.54 Å². The van der Waals surface area contributed by atoms with E-state index < -0.39 is 12.1 Å². The summed E-state index contributed by atoms with van der Waals surface area (Å²) >= 11 is 0. The molecule has 0 heterocycles. The van der Waals surface area contributed by atoms with Crippen LogP contribution in [0.15, 0.2) is 30.3 Å². The first-order chi connectivity index (χ1) is 9.81. The van der Waals surface area contributed by atoms with Crippen LogP contribution in [0, 0.1) is 0 Å². The first-order valence-electron chi connectivity index (χ1n) is 7.11. The summed E-state index contributed by atoms with van der Waals surface area (Å²) in [6.45, 7) is 7.79. The second-order valence-electron chi connectivity index (χ2n) is 5.83. The Kier molecular flexibility index (Phi) is 6.21. The molecule has 0 spiro atoms. The summed E-state index contributed by atoms with van der Waals surface area (Å²) in [7, 11) is 0. The summed E-state index contributed by atoms with van der Waals surface area (Å²) in [5.74, 6) is -0.117. The van der Waals surface area contributed by atoms with Crippen molar-refractivity contribution >= 4 is 12.0 Å². The molecule has 0 radical (unpaired) electrons. The van der Waals surface area contributed by atoms with Gasteiger partial charge in [-0.05, 0) is 33.3 Å². The van der Waals surface area contributed by atoms with Crippen LogP contribution in [-0.2, 0) is 9.53 Å². The van der Waals surface area contributed by atoms with Crippen LogP contribution < -0.4 is 10.6 Å². The van der Waals surface area contributed by atoms with Crippen molar-refractivity contribution in [1.82, 2.24) is 10.6 Å². The summed E-state index contributed by atoms with van der Waals surface area (Å²) in [6.07, 6.45) is -0.352. The Labute approximate surface area is 126 Å². The van der Waals surface area contributed by atoms with Crippen molar-refractivity contribution in [3.63, 3.8) is 0 Å². The van der Waals surface area contributed by atoms with Crippen LogP contribution in [0.25, 0.3) is 0 Å². The summed E-state index contributed by atoms with van der Waals surface area (Å²) in [6, 6.07) is 8.98. The Balaban J connectivity index is 2.78. The Morgan fingerprint density at radius 2 is 1.81 bits per heavy atom. The number of rotatable bonds is 5. The molecule has 1 rings (SSSR count). The SMILES string of the molecule is CCOC(=O)N[C@@H](CC(=O)NC(C)(C)C)c1ccccc1. The van der Waals surface area contributed by atoms with Crippen LogP contribution in [-0.4, -0.2) is 24.1 Å². The first-order valence-corrected chi connectivity index (χ1v) is 7.11. The van der Waals surface area contributed by atoms with Crippen molar-refractivity contribution in [3.05, 3.63) is 35.9 Å². The maximum atomic E-state index is 12.1. The number of carbonyl (C=O) groups excluding carboxylic acids is 2. The van der Waals surface area contributed by atoms with E-state index in [-0.39, 0.29) is 17.9 Å². The molecule has 1 aromatic rings. The first kappa shape index (κ1) is 17.0. The molecule has 0 aliphatic rings. The number of nitrogens with one attached hydrogen (secondary N) is 2. The normalized spacial score (nSPS) is 12.4. The highest BCUT2D eigenvalue weighted by molar-refractivity contribution is 5.78. The quantitative estimate of drug-likeness (QED) is 0.877. The minimum Gasteiger partial charge on any atom is -0.450 e. The topological polar surface area (TPSA) is 67.4 Å². The molecule has 0 aromatic heterocycles. The van der Waals surface area contributed by atoms with Gasteiger partial charge in [-0.15, -0.1) is 0 Å². The summed E-state index contributed by atoms with van der Waals surface area (Å²) in [5.41, 5.74) is 0.567. The standard InChI is InChI=1S/C16H24N2O3/c1-5-21-15(20)17-13(12-9-7-6-8-10-12)11-14(19)18-16(2,3)4/h6-10,13H,5,11H2,1-4H3,(H,17,20)(H,18,19)/t13-/m0/s1. The molecule has 0 saturated carbocycles. The van der Waals surface area contributed by atoms with Crippen LogP contribution in [0.3, 0.4) is 0 Å². The fourth-order valence-corrected chi connectivity index (χ4v) is 1.91. The fourth-order valence-electron chi connectivity index (χ4n) is 1.91. The highest BCUT2D eigenvalue weighted by Gasteiger charge is 2.21. The molecule has 0 fully saturated rings. The fraction of sp³-hybridized carbons (Fsp3) is 0.500. The molecule has 0 unspecified atom stereocenters. The van der Waals surface area contributed by atoms with Gasteiger partial charge in [-0.1, -0.05) is 30.3 Å². The number of hydrogen-bond acceptors (Lipinski definition) is 3. The lowest BCUT2D eigenvalue weighted by Crippen LogP contribution is -2.42. The van der Waals surface area contributed by atoms with Crippen molar-refractivity contribution in [1.29, 1.82) is 0 Å². The Bertz CT molecular complexity index is 466. The van der Waals surface area contributed by atoms with E-state index in [1.165, 1.54) is 0 Å². The van der Waals surface area contributed by atoms with E-state index in [1.807, 2.05) is 51.1 Å². The maximum absolute atomic E-state index is 12.1. The van der Waals surface area contributed by atoms with E-state index in [2.05, 4.69) is 10.6 Å². The number of alkyl carbamates (subject to hydrolysis) is 1. The van der Waals surface area contributed by atoms with Gasteiger partial charge in [0.1, 0.15) is 0 Å². The van der Waals surface area contributed by atoms with Crippen LogP contribution in [0.4, 0.5) is 4.79 Å². The second kappa shape index (κ2) is 7.67. The molecular weight excluding hydrogens is 268 g/mol. The molecule has 0 aliphatic heterocycles. The third kappa shape index (κ3) is 6.79. The van der Waals surface area contributed by atoms with Crippen molar-refractivity contribution in [2.24, 2.45) is 0 Å². The maximum Gasteiger partial charge on any atom is 0.407 e. The van der Waals surface area contributed by atoms with Gasteiger partial charge in [0.05, 0.1) is 19.1 Å². The number of benzene rings is 1. The molecule has 0 aliphatic carbocycles. The second-order valence-corrected chi connectivity index (χ2v) is 5.83. The predicted molar refractivity (Wildman–Crippen MR) is 81.9 cm³/mol. The van der Waals surface area contributed by atoms with Gasteiger partial charge in [0.2, 0.25) is 5.91 Å². The molecule has 5 heteroatoms. The van der Waals surface area contributed by atoms with Crippen LogP contribution in [0.5, 0.6) is 0 Å². The summed E-state index contributed by atoms with van der Waals surface area (Å²) in [4.78, 5) is 23.7.